The maximum Gasteiger partial charge on any atom is 0.0468 e. The highest BCUT2D eigenvalue weighted by atomic mass is 15.1. The maximum atomic E-state index is 2.44. The van der Waals surface area contributed by atoms with E-state index in [0.717, 1.165) is 59.8 Å². The van der Waals surface area contributed by atoms with Crippen LogP contribution in [0.2, 0.25) is 0 Å². The van der Waals surface area contributed by atoms with Gasteiger partial charge in [0.2, 0.25) is 0 Å². The van der Waals surface area contributed by atoms with Gasteiger partial charge in [0.25, 0.3) is 0 Å². The summed E-state index contributed by atoms with van der Waals surface area (Å²) < 4.78 is 0. The predicted octanol–water partition coefficient (Wildman–Crippen LogP) is 19.6. The largest absolute Gasteiger partial charge is 0.310 e. The van der Waals surface area contributed by atoms with Crippen LogP contribution in [0.4, 0.5) is 34.1 Å². The van der Waals surface area contributed by atoms with Crippen LogP contribution in [0, 0.1) is 10.8 Å². The predicted molar refractivity (Wildman–Crippen MR) is 298 cm³/mol. The van der Waals surface area contributed by atoms with Gasteiger partial charge in [-0.25, -0.2) is 0 Å². The molecule has 0 N–H and O–H groups in total. The van der Waals surface area contributed by atoms with Crippen LogP contribution in [0.15, 0.2) is 194 Å². The molecule has 0 saturated carbocycles. The van der Waals surface area contributed by atoms with Gasteiger partial charge in [-0.2, -0.15) is 0 Å². The Morgan fingerprint density at radius 2 is 0.588 bits per heavy atom. The molecule has 0 aromatic heterocycles. The maximum absolute atomic E-state index is 2.44. The van der Waals surface area contributed by atoms with Crippen molar-refractivity contribution in [3.05, 3.63) is 216 Å². The van der Waals surface area contributed by atoms with Crippen molar-refractivity contribution in [1.82, 2.24) is 0 Å². The van der Waals surface area contributed by atoms with Crippen LogP contribution in [0.3, 0.4) is 0 Å². The van der Waals surface area contributed by atoms with Crippen LogP contribution in [0.25, 0.3) is 43.8 Å². The van der Waals surface area contributed by atoms with Gasteiger partial charge in [-0.3, -0.25) is 0 Å². The highest BCUT2D eigenvalue weighted by Crippen LogP contribution is 2.48. The quantitative estimate of drug-likeness (QED) is 0.113. The molecule has 344 valence electrons. The van der Waals surface area contributed by atoms with Crippen LogP contribution >= 0.6 is 0 Å². The molecule has 0 aliphatic carbocycles. The normalized spacial score (nSPS) is 11.6. The lowest BCUT2D eigenvalue weighted by Crippen LogP contribution is -2.12. The molecule has 0 radical (unpaired) electrons. The number of aryl methyl sites for hydroxylation is 2. The summed E-state index contributed by atoms with van der Waals surface area (Å²) in [7, 11) is 0. The van der Waals surface area contributed by atoms with Crippen molar-refractivity contribution >= 4 is 55.7 Å². The summed E-state index contributed by atoms with van der Waals surface area (Å²) in [6.07, 6.45) is 4.06. The Labute approximate surface area is 408 Å². The number of fused-ring (bicyclic) bond motifs is 2. The van der Waals surface area contributed by atoms with Crippen LogP contribution in [-0.2, 0) is 25.7 Å². The SMILES string of the molecule is CC.CCc1ccc(N(c2ccc(CC(C)(C)C)cc2)c2ccc3c(-c4ccccc4)c4cc(N(c5ccc(CC)cc5)c5ccc(CC(C)(C)C)cc5)ccc4c(-c4ccccc4)c3c2)cc1. The lowest BCUT2D eigenvalue weighted by Gasteiger charge is -2.29. The monoisotopic (exact) mass is 891 g/mol. The first kappa shape index (κ1) is 47.6. The Morgan fingerprint density at radius 3 is 0.868 bits per heavy atom. The van der Waals surface area contributed by atoms with Gasteiger partial charge < -0.3 is 9.80 Å². The van der Waals surface area contributed by atoms with E-state index < -0.39 is 0 Å². The van der Waals surface area contributed by atoms with E-state index in [1.54, 1.807) is 0 Å². The molecule has 0 atom stereocenters. The van der Waals surface area contributed by atoms with Gasteiger partial charge in [0.05, 0.1) is 0 Å². The molecule has 9 aromatic rings. The van der Waals surface area contributed by atoms with Gasteiger partial charge in [0, 0.05) is 34.1 Å². The number of hydrogen-bond donors (Lipinski definition) is 0. The van der Waals surface area contributed by atoms with Gasteiger partial charge in [-0.15, -0.1) is 0 Å². The van der Waals surface area contributed by atoms with E-state index >= 15 is 0 Å². The highest BCUT2D eigenvalue weighted by molar-refractivity contribution is 6.22. The zero-order valence-electron chi connectivity index (χ0n) is 42.2. The van der Waals surface area contributed by atoms with Gasteiger partial charge >= 0.3 is 0 Å². The molecule has 0 amide bonds. The second-order valence-corrected chi connectivity index (χ2v) is 20.5. The van der Waals surface area contributed by atoms with Crippen molar-refractivity contribution in [2.24, 2.45) is 10.8 Å². The summed E-state index contributed by atoms with van der Waals surface area (Å²) in [6.45, 7) is 22.3. The fraction of sp³-hybridized carbons (Fsp3) is 0.242. The van der Waals surface area contributed by atoms with Gasteiger partial charge in [-0.05, 0) is 175 Å². The highest BCUT2D eigenvalue weighted by Gasteiger charge is 2.23. The van der Waals surface area contributed by atoms with E-state index in [2.05, 4.69) is 259 Å². The van der Waals surface area contributed by atoms with Crippen molar-refractivity contribution in [2.75, 3.05) is 9.80 Å². The smallest absolute Gasteiger partial charge is 0.0468 e. The fourth-order valence-corrected chi connectivity index (χ4v) is 9.72. The topological polar surface area (TPSA) is 6.48 Å². The molecule has 0 fully saturated rings. The first-order valence-electron chi connectivity index (χ1n) is 25.0. The summed E-state index contributed by atoms with van der Waals surface area (Å²) in [5.74, 6) is 0. The molecule has 0 unspecified atom stereocenters. The molecule has 9 aromatic carbocycles. The van der Waals surface area contributed by atoms with E-state index in [1.807, 2.05) is 13.8 Å². The van der Waals surface area contributed by atoms with Crippen LogP contribution in [0.1, 0.15) is 91.5 Å². The van der Waals surface area contributed by atoms with Crippen molar-refractivity contribution in [1.29, 1.82) is 0 Å². The summed E-state index contributed by atoms with van der Waals surface area (Å²) >= 11 is 0. The van der Waals surface area contributed by atoms with Crippen molar-refractivity contribution < 1.29 is 0 Å². The second-order valence-electron chi connectivity index (χ2n) is 20.5. The molecule has 2 nitrogen and oxygen atoms in total. The lowest BCUT2D eigenvalue weighted by atomic mass is 9.85. The summed E-state index contributed by atoms with van der Waals surface area (Å²) in [4.78, 5) is 4.86. The molecule has 0 aliphatic rings. The Bertz CT molecular complexity index is 2850. The molecule has 0 spiro atoms. The number of hydrogen-bond acceptors (Lipinski definition) is 2. The van der Waals surface area contributed by atoms with E-state index in [1.165, 1.54) is 66.1 Å². The third-order valence-corrected chi connectivity index (χ3v) is 12.8. The second kappa shape index (κ2) is 20.5. The third kappa shape index (κ3) is 10.6. The molecular formula is C66H70N2. The molecule has 0 aliphatic heterocycles. The summed E-state index contributed by atoms with van der Waals surface area (Å²) in [5, 5.41) is 4.89. The minimum atomic E-state index is 0.208. The van der Waals surface area contributed by atoms with E-state index in [9.17, 15) is 0 Å². The molecular weight excluding hydrogens is 821 g/mol. The van der Waals surface area contributed by atoms with Gasteiger partial charge in [0.15, 0.2) is 0 Å². The van der Waals surface area contributed by atoms with Crippen LogP contribution in [0.5, 0.6) is 0 Å². The van der Waals surface area contributed by atoms with Crippen molar-refractivity contribution in [3.63, 3.8) is 0 Å². The van der Waals surface area contributed by atoms with Crippen molar-refractivity contribution in [2.45, 2.75) is 94.9 Å². The average molecular weight is 891 g/mol. The average Bonchev–Trinajstić information content (AvgIpc) is 3.35. The summed E-state index contributed by atoms with van der Waals surface area (Å²) in [6, 6.07) is 72.9. The Kier molecular flexibility index (Phi) is 14.4. The van der Waals surface area contributed by atoms with Crippen LogP contribution < -0.4 is 9.80 Å². The molecule has 0 saturated heterocycles. The van der Waals surface area contributed by atoms with E-state index in [0.29, 0.717) is 0 Å². The first-order valence-corrected chi connectivity index (χ1v) is 25.0. The number of anilines is 6. The molecule has 0 bridgehead atoms. The zero-order chi connectivity index (χ0) is 48.0. The Balaban J connectivity index is 0.00000308. The minimum absolute atomic E-state index is 0.208. The number of benzene rings is 9. The van der Waals surface area contributed by atoms with Gasteiger partial charge in [0.1, 0.15) is 0 Å². The lowest BCUT2D eigenvalue weighted by molar-refractivity contribution is 0.411. The molecule has 2 heteroatoms. The number of nitrogens with zero attached hydrogens (tertiary/aromatic N) is 2. The Hall–Kier alpha value is -6.90. The first-order chi connectivity index (χ1) is 32.9. The Morgan fingerprint density at radius 1 is 0.309 bits per heavy atom. The molecule has 9 rings (SSSR count). The van der Waals surface area contributed by atoms with E-state index in [4.69, 9.17) is 0 Å². The minimum Gasteiger partial charge on any atom is -0.310 e. The molecule has 0 heterocycles. The van der Waals surface area contributed by atoms with E-state index in [-0.39, 0.29) is 10.8 Å². The third-order valence-electron chi connectivity index (χ3n) is 12.8. The fourth-order valence-electron chi connectivity index (χ4n) is 9.72. The van der Waals surface area contributed by atoms with Crippen molar-refractivity contribution in [3.8, 4) is 22.3 Å². The molecule has 68 heavy (non-hydrogen) atoms. The zero-order valence-corrected chi connectivity index (χ0v) is 42.2. The summed E-state index contributed by atoms with van der Waals surface area (Å²) in [5.41, 5.74) is 17.5. The van der Waals surface area contributed by atoms with Crippen LogP contribution in [-0.4, -0.2) is 0 Å². The van der Waals surface area contributed by atoms with Gasteiger partial charge in [-0.1, -0.05) is 191 Å². The standard InChI is InChI=1S/C64H64N2.C2H6/c1-9-45-21-29-51(30-22-45)65(53-33-25-47(26-34-53)43-63(3,4)5)55-37-39-57-59(41-55)61(49-17-13-11-14-18-49)58-40-38-56(42-60(58)62(57)50-19-15-12-16-20-50)66(52-31-23-46(10-2)24-32-52)54-35-27-48(28-36-54)44-64(6,7)8;1-2/h11-42H,9-10,43-44H2,1-8H3;1-2H3. The number of rotatable bonds is 12.